The summed E-state index contributed by atoms with van der Waals surface area (Å²) >= 11 is 0. The van der Waals surface area contributed by atoms with Crippen LogP contribution < -0.4 is 10.1 Å². The van der Waals surface area contributed by atoms with Gasteiger partial charge >= 0.3 is 0 Å². The molecule has 1 rings (SSSR count). The molecule has 1 aromatic carbocycles. The van der Waals surface area contributed by atoms with Crippen LogP contribution in [-0.2, 0) is 5.41 Å². The Labute approximate surface area is 131 Å². The van der Waals surface area contributed by atoms with Crippen LogP contribution in [0, 0.1) is 6.92 Å². The molecule has 0 amide bonds. The molecule has 0 saturated carbocycles. The molecular weight excluding hydrogens is 258 g/mol. The van der Waals surface area contributed by atoms with Crippen molar-refractivity contribution in [2.24, 2.45) is 0 Å². The molecule has 0 bridgehead atoms. The zero-order valence-electron chi connectivity index (χ0n) is 14.8. The molecule has 120 valence electrons. The van der Waals surface area contributed by atoms with Gasteiger partial charge in [-0.15, -0.1) is 0 Å². The highest BCUT2D eigenvalue weighted by atomic mass is 16.5. The fourth-order valence-electron chi connectivity index (χ4n) is 2.54. The molecule has 0 fully saturated rings. The Morgan fingerprint density at radius 3 is 2.52 bits per heavy atom. The van der Waals surface area contributed by atoms with Gasteiger partial charge in [-0.2, -0.15) is 0 Å². The smallest absolute Gasteiger partial charge is 0.123 e. The number of aryl methyl sites for hydroxylation is 1. The standard InChI is InChI=1S/C19H33NO/c1-7-20-16(3)10-8-9-13-21-18-12-11-15(2)14-17(18)19(4,5)6/h11-12,14,16,20H,7-10,13H2,1-6H3. The molecule has 0 spiro atoms. The van der Waals surface area contributed by atoms with Crippen molar-refractivity contribution in [1.82, 2.24) is 5.32 Å². The van der Waals surface area contributed by atoms with E-state index in [1.165, 1.54) is 24.0 Å². The van der Waals surface area contributed by atoms with Gasteiger partial charge in [0.15, 0.2) is 0 Å². The summed E-state index contributed by atoms with van der Waals surface area (Å²) in [5.41, 5.74) is 2.73. The van der Waals surface area contributed by atoms with Crippen molar-refractivity contribution < 1.29 is 4.74 Å². The van der Waals surface area contributed by atoms with Crippen molar-refractivity contribution in [2.75, 3.05) is 13.2 Å². The fraction of sp³-hybridized carbons (Fsp3) is 0.684. The van der Waals surface area contributed by atoms with Crippen LogP contribution in [0.25, 0.3) is 0 Å². The maximum atomic E-state index is 6.04. The topological polar surface area (TPSA) is 21.3 Å². The van der Waals surface area contributed by atoms with E-state index in [1.807, 2.05) is 0 Å². The Kier molecular flexibility index (Phi) is 7.24. The van der Waals surface area contributed by atoms with Crippen LogP contribution in [0.15, 0.2) is 18.2 Å². The number of benzene rings is 1. The van der Waals surface area contributed by atoms with Crippen molar-refractivity contribution >= 4 is 0 Å². The molecule has 2 nitrogen and oxygen atoms in total. The van der Waals surface area contributed by atoms with E-state index in [-0.39, 0.29) is 5.41 Å². The Morgan fingerprint density at radius 1 is 1.19 bits per heavy atom. The normalized spacial score (nSPS) is 13.2. The van der Waals surface area contributed by atoms with Gasteiger partial charge < -0.3 is 10.1 Å². The van der Waals surface area contributed by atoms with Crippen LogP contribution in [-0.4, -0.2) is 19.2 Å². The van der Waals surface area contributed by atoms with E-state index >= 15 is 0 Å². The number of rotatable bonds is 8. The first kappa shape index (κ1) is 18.0. The van der Waals surface area contributed by atoms with Crippen molar-refractivity contribution in [3.63, 3.8) is 0 Å². The summed E-state index contributed by atoms with van der Waals surface area (Å²) in [5.74, 6) is 1.05. The van der Waals surface area contributed by atoms with Gasteiger partial charge in [-0.3, -0.25) is 0 Å². The minimum absolute atomic E-state index is 0.126. The van der Waals surface area contributed by atoms with Crippen molar-refractivity contribution in [3.8, 4) is 5.75 Å². The van der Waals surface area contributed by atoms with Gasteiger partial charge in [-0.1, -0.05) is 45.4 Å². The summed E-state index contributed by atoms with van der Waals surface area (Å²) in [6, 6.07) is 7.12. The predicted molar refractivity (Wildman–Crippen MR) is 92.4 cm³/mol. The van der Waals surface area contributed by atoms with Crippen molar-refractivity contribution in [3.05, 3.63) is 29.3 Å². The molecule has 0 saturated heterocycles. The second-order valence-corrected chi connectivity index (χ2v) is 7.05. The monoisotopic (exact) mass is 291 g/mol. The number of nitrogens with one attached hydrogen (secondary N) is 1. The van der Waals surface area contributed by atoms with Crippen LogP contribution in [0.1, 0.15) is 65.0 Å². The van der Waals surface area contributed by atoms with Gasteiger partial charge in [0.2, 0.25) is 0 Å². The highest BCUT2D eigenvalue weighted by molar-refractivity contribution is 5.41. The second kappa shape index (κ2) is 8.43. The van der Waals surface area contributed by atoms with Crippen LogP contribution in [0.3, 0.4) is 0 Å². The Balaban J connectivity index is 2.45. The van der Waals surface area contributed by atoms with Crippen LogP contribution >= 0.6 is 0 Å². The van der Waals surface area contributed by atoms with Gasteiger partial charge in [0, 0.05) is 6.04 Å². The maximum Gasteiger partial charge on any atom is 0.123 e. The van der Waals surface area contributed by atoms with Gasteiger partial charge in [-0.05, 0) is 56.7 Å². The van der Waals surface area contributed by atoms with Crippen LogP contribution in [0.4, 0.5) is 0 Å². The zero-order valence-corrected chi connectivity index (χ0v) is 14.8. The highest BCUT2D eigenvalue weighted by Crippen LogP contribution is 2.32. The van der Waals surface area contributed by atoms with Gasteiger partial charge in [0.25, 0.3) is 0 Å². The fourth-order valence-corrected chi connectivity index (χ4v) is 2.54. The maximum absolute atomic E-state index is 6.04. The lowest BCUT2D eigenvalue weighted by Crippen LogP contribution is -2.25. The molecule has 1 N–H and O–H groups in total. The van der Waals surface area contributed by atoms with Gasteiger partial charge in [0.05, 0.1) is 6.61 Å². The lowest BCUT2D eigenvalue weighted by molar-refractivity contribution is 0.294. The van der Waals surface area contributed by atoms with Gasteiger partial charge in [0.1, 0.15) is 5.75 Å². The van der Waals surface area contributed by atoms with E-state index in [0.29, 0.717) is 6.04 Å². The largest absolute Gasteiger partial charge is 0.493 e. The van der Waals surface area contributed by atoms with Gasteiger partial charge in [-0.25, -0.2) is 0 Å². The first-order valence-corrected chi connectivity index (χ1v) is 8.32. The highest BCUT2D eigenvalue weighted by Gasteiger charge is 2.19. The summed E-state index contributed by atoms with van der Waals surface area (Å²) in [6.45, 7) is 15.1. The minimum atomic E-state index is 0.126. The SMILES string of the molecule is CCNC(C)CCCCOc1ccc(C)cc1C(C)(C)C. The third-order valence-electron chi connectivity index (χ3n) is 3.78. The minimum Gasteiger partial charge on any atom is -0.493 e. The predicted octanol–water partition coefficient (Wildman–Crippen LogP) is 4.84. The molecule has 0 aliphatic heterocycles. The quantitative estimate of drug-likeness (QED) is 0.692. The summed E-state index contributed by atoms with van der Waals surface area (Å²) in [4.78, 5) is 0. The second-order valence-electron chi connectivity index (χ2n) is 7.05. The van der Waals surface area contributed by atoms with E-state index in [4.69, 9.17) is 4.74 Å². The Bertz CT molecular complexity index is 420. The summed E-state index contributed by atoms with van der Waals surface area (Å²) in [6.07, 6.45) is 3.55. The molecule has 0 aliphatic rings. The number of ether oxygens (including phenoxy) is 1. The molecule has 1 atom stereocenters. The number of unbranched alkanes of at least 4 members (excludes halogenated alkanes) is 1. The number of hydrogen-bond acceptors (Lipinski definition) is 2. The molecule has 0 heterocycles. The molecule has 0 radical (unpaired) electrons. The number of hydrogen-bond donors (Lipinski definition) is 1. The lowest BCUT2D eigenvalue weighted by atomic mass is 9.85. The summed E-state index contributed by atoms with van der Waals surface area (Å²) < 4.78 is 6.04. The Hall–Kier alpha value is -1.02. The van der Waals surface area contributed by atoms with E-state index in [0.717, 1.165) is 25.3 Å². The first-order valence-electron chi connectivity index (χ1n) is 8.32. The molecule has 1 unspecified atom stereocenters. The average Bonchev–Trinajstić information content (AvgIpc) is 2.39. The van der Waals surface area contributed by atoms with E-state index < -0.39 is 0 Å². The molecule has 21 heavy (non-hydrogen) atoms. The summed E-state index contributed by atoms with van der Waals surface area (Å²) in [5, 5.41) is 3.45. The molecule has 0 aliphatic carbocycles. The molecule has 2 heteroatoms. The van der Waals surface area contributed by atoms with Crippen LogP contribution in [0.5, 0.6) is 5.75 Å². The van der Waals surface area contributed by atoms with E-state index in [9.17, 15) is 0 Å². The van der Waals surface area contributed by atoms with E-state index in [1.54, 1.807) is 0 Å². The summed E-state index contributed by atoms with van der Waals surface area (Å²) in [7, 11) is 0. The van der Waals surface area contributed by atoms with Crippen LogP contribution in [0.2, 0.25) is 0 Å². The third kappa shape index (κ3) is 6.52. The average molecular weight is 291 g/mol. The Morgan fingerprint density at radius 2 is 1.90 bits per heavy atom. The van der Waals surface area contributed by atoms with Crippen molar-refractivity contribution in [1.29, 1.82) is 0 Å². The van der Waals surface area contributed by atoms with E-state index in [2.05, 4.69) is 65.1 Å². The lowest BCUT2D eigenvalue weighted by Gasteiger charge is -2.23. The molecular formula is C19H33NO. The zero-order chi connectivity index (χ0) is 15.9. The molecule has 0 aromatic heterocycles. The molecule has 1 aromatic rings. The third-order valence-corrected chi connectivity index (χ3v) is 3.78. The van der Waals surface area contributed by atoms with Crippen molar-refractivity contribution in [2.45, 2.75) is 72.3 Å². The first-order chi connectivity index (χ1) is 9.84.